The van der Waals surface area contributed by atoms with E-state index in [0.717, 1.165) is 17.0 Å². The third-order valence-corrected chi connectivity index (χ3v) is 9.25. The highest BCUT2D eigenvalue weighted by molar-refractivity contribution is 6.47. The Morgan fingerprint density at radius 2 is 1.70 bits per heavy atom. The van der Waals surface area contributed by atoms with Gasteiger partial charge < -0.3 is 51.0 Å². The Labute approximate surface area is 313 Å². The number of fused-ring (bicyclic) bond motifs is 1. The van der Waals surface area contributed by atoms with Crippen molar-refractivity contribution in [1.82, 2.24) is 25.8 Å². The van der Waals surface area contributed by atoms with Crippen molar-refractivity contribution in [2.24, 2.45) is 0 Å². The number of piperazine rings is 1. The molecule has 6 amide bonds. The number of carboxylic acid groups (broad SMARTS) is 1. The summed E-state index contributed by atoms with van der Waals surface area (Å²) in [7, 11) is -1.98. The Bertz CT molecular complexity index is 2080. The van der Waals surface area contributed by atoms with Gasteiger partial charge in [0, 0.05) is 31.7 Å². The molecule has 0 unspecified atom stereocenters. The highest BCUT2D eigenvalue weighted by atomic mass is 35.5. The summed E-state index contributed by atoms with van der Waals surface area (Å²) < 4.78 is 34.0. The van der Waals surface area contributed by atoms with Crippen molar-refractivity contribution in [3.05, 3.63) is 80.3 Å². The number of carbonyl (C=O) groups is 6. The van der Waals surface area contributed by atoms with Gasteiger partial charge in [-0.15, -0.1) is 0 Å². The summed E-state index contributed by atoms with van der Waals surface area (Å²) in [5.41, 5.74) is -1.43. The molecule has 0 saturated carbocycles. The second kappa shape index (κ2) is 16.0. The number of benzene rings is 3. The minimum atomic E-state index is -2.08. The molecule has 2 aliphatic heterocycles. The number of halogens is 4. The zero-order valence-corrected chi connectivity index (χ0v) is 29.0. The first-order valence-electron chi connectivity index (χ1n) is 15.8. The van der Waals surface area contributed by atoms with Gasteiger partial charge in [-0.3, -0.25) is 24.1 Å². The summed E-state index contributed by atoms with van der Waals surface area (Å²) in [6.45, 7) is -0.575. The number of nitrogens with zero attached hydrogens (tertiary/aromatic N) is 2. The smallest absolute Gasteiger partial charge is 0.534 e. The maximum Gasteiger partial charge on any atom is 0.547 e. The lowest BCUT2D eigenvalue weighted by Gasteiger charge is -2.34. The van der Waals surface area contributed by atoms with Crippen LogP contribution in [0.2, 0.25) is 10.0 Å². The molecule has 0 aliphatic carbocycles. The third kappa shape index (κ3) is 7.89. The Hall–Kier alpha value is -5.86. The van der Waals surface area contributed by atoms with E-state index >= 15 is 0 Å². The number of carbonyl (C=O) groups excluding carboxylic acids is 5. The molecule has 3 aromatic carbocycles. The molecule has 17 nitrogen and oxygen atoms in total. The van der Waals surface area contributed by atoms with E-state index in [2.05, 4.69) is 16.0 Å². The van der Waals surface area contributed by atoms with Crippen LogP contribution in [0, 0.1) is 11.6 Å². The quantitative estimate of drug-likeness (QED) is 0.0629. The van der Waals surface area contributed by atoms with E-state index in [4.69, 9.17) is 27.9 Å². The highest BCUT2D eigenvalue weighted by Gasteiger charge is 2.42. The molecule has 0 bridgehead atoms. The number of urea groups is 1. The fourth-order valence-electron chi connectivity index (χ4n) is 5.69. The van der Waals surface area contributed by atoms with Gasteiger partial charge in [0.25, 0.3) is 5.91 Å². The van der Waals surface area contributed by atoms with Gasteiger partial charge in [0.05, 0.1) is 21.5 Å². The predicted octanol–water partition coefficient (Wildman–Crippen LogP) is 1.47. The summed E-state index contributed by atoms with van der Waals surface area (Å²) in [6.07, 6.45) is -0.174. The number of aromatic carboxylic acids is 1. The molecular formula is C32H28BCl2F2N5O12. The Kier molecular flexibility index (Phi) is 11.7. The summed E-state index contributed by atoms with van der Waals surface area (Å²) in [6, 6.07) is 3.17. The van der Waals surface area contributed by atoms with Gasteiger partial charge in [0.2, 0.25) is 5.91 Å². The molecule has 3 aromatic rings. The van der Waals surface area contributed by atoms with Crippen molar-refractivity contribution in [1.29, 1.82) is 0 Å². The molecule has 0 radical (unpaired) electrons. The lowest BCUT2D eigenvalue weighted by Crippen LogP contribution is -2.60. The van der Waals surface area contributed by atoms with Crippen LogP contribution in [0.5, 0.6) is 23.0 Å². The first kappa shape index (κ1) is 39.4. The van der Waals surface area contributed by atoms with Crippen molar-refractivity contribution in [3.8, 4) is 23.0 Å². The molecular weight excluding hydrogens is 766 g/mol. The van der Waals surface area contributed by atoms with Gasteiger partial charge >= 0.3 is 30.9 Å². The number of nitrogens with one attached hydrogen (secondary N) is 3. The normalized spacial score (nSPS) is 15.9. The van der Waals surface area contributed by atoms with Crippen molar-refractivity contribution in [3.63, 3.8) is 0 Å². The van der Waals surface area contributed by atoms with Crippen LogP contribution in [0.4, 0.5) is 13.6 Å². The molecule has 2 atom stereocenters. The number of aromatic hydroxyl groups is 3. The standard InChI is InChI=1S/C32H28BCl2F2N5O12/c34-21-14(3-1-4-18(21)43)27(46)38-7-2-8-41-9-10-42(30(49)29(41)48)32(52)40-23(15-12-17(37)24(44)25(45)22(15)35)28(47)39-19-11-13-5-6-16(36)20(31(50)51)26(13)54-33(19)53/h1,3-6,12,19,23,43-45,53H,2,7-11H2,(H,38,46)(H,39,47)(H,40,52)(H,50,51)/t19-,23+/m0/s1. The van der Waals surface area contributed by atoms with Crippen LogP contribution >= 0.6 is 23.2 Å². The van der Waals surface area contributed by atoms with Gasteiger partial charge in [-0.05, 0) is 42.7 Å². The average molecular weight is 794 g/mol. The SMILES string of the molecule is O=C(NCCCN1CCN(C(=O)N[C@@H](C(=O)N[C@H]2Cc3ccc(F)c(C(=O)O)c3OB2O)c2cc(F)c(O)c(O)c2Cl)C(=O)C1=O)c1cccc(O)c1Cl. The summed E-state index contributed by atoms with van der Waals surface area (Å²) in [5, 5.41) is 55.8. The van der Waals surface area contributed by atoms with Crippen LogP contribution in [0.1, 0.15) is 44.3 Å². The van der Waals surface area contributed by atoms with Gasteiger partial charge in [0.1, 0.15) is 28.9 Å². The van der Waals surface area contributed by atoms with E-state index in [1.165, 1.54) is 18.2 Å². The Morgan fingerprint density at radius 3 is 2.41 bits per heavy atom. The van der Waals surface area contributed by atoms with Crippen LogP contribution in [0.25, 0.3) is 0 Å². The molecule has 0 spiro atoms. The van der Waals surface area contributed by atoms with Crippen LogP contribution in [-0.2, 0) is 20.8 Å². The first-order chi connectivity index (χ1) is 25.5. The second-order valence-electron chi connectivity index (χ2n) is 11.9. The van der Waals surface area contributed by atoms with Crippen LogP contribution in [0.15, 0.2) is 36.4 Å². The van der Waals surface area contributed by atoms with E-state index in [1.54, 1.807) is 0 Å². The van der Waals surface area contributed by atoms with E-state index in [1.807, 2.05) is 0 Å². The second-order valence-corrected chi connectivity index (χ2v) is 12.6. The average Bonchev–Trinajstić information content (AvgIpc) is 3.12. The minimum Gasteiger partial charge on any atom is -0.534 e. The minimum absolute atomic E-state index is 0.0145. The van der Waals surface area contributed by atoms with Gasteiger partial charge in [-0.2, -0.15) is 0 Å². The van der Waals surface area contributed by atoms with Crippen LogP contribution in [-0.4, -0.2) is 110 Å². The van der Waals surface area contributed by atoms with Crippen molar-refractivity contribution in [2.75, 3.05) is 26.2 Å². The molecule has 54 heavy (non-hydrogen) atoms. The molecule has 5 rings (SSSR count). The van der Waals surface area contributed by atoms with Gasteiger partial charge in [-0.1, -0.05) is 35.3 Å². The molecule has 0 aromatic heterocycles. The number of imide groups is 1. The summed E-state index contributed by atoms with van der Waals surface area (Å²) >= 11 is 12.1. The zero-order chi connectivity index (χ0) is 39.6. The van der Waals surface area contributed by atoms with Gasteiger partial charge in [-0.25, -0.2) is 18.4 Å². The van der Waals surface area contributed by atoms with Crippen molar-refractivity contribution in [2.45, 2.75) is 24.8 Å². The summed E-state index contributed by atoms with van der Waals surface area (Å²) in [5.74, 6) is -13.3. The monoisotopic (exact) mass is 793 g/mol. The topological polar surface area (TPSA) is 255 Å². The number of phenolic OH excluding ortho intramolecular Hbond substituents is 3. The number of hydrogen-bond donors (Lipinski definition) is 8. The fraction of sp³-hybridized carbons (Fsp3) is 0.250. The van der Waals surface area contributed by atoms with E-state index in [9.17, 15) is 63.0 Å². The Balaban J connectivity index is 1.28. The summed E-state index contributed by atoms with van der Waals surface area (Å²) in [4.78, 5) is 78.7. The van der Waals surface area contributed by atoms with E-state index in [-0.39, 0.29) is 54.4 Å². The number of hydrogen-bond acceptors (Lipinski definition) is 11. The molecule has 22 heteroatoms. The molecule has 2 aliphatic rings. The van der Waals surface area contributed by atoms with Crippen molar-refractivity contribution < 1.29 is 67.7 Å². The van der Waals surface area contributed by atoms with Crippen molar-refractivity contribution >= 4 is 65.9 Å². The predicted molar refractivity (Wildman–Crippen MR) is 182 cm³/mol. The molecule has 1 fully saturated rings. The lowest BCUT2D eigenvalue weighted by molar-refractivity contribution is -0.153. The Morgan fingerprint density at radius 1 is 0.981 bits per heavy atom. The number of carboxylic acids is 1. The third-order valence-electron chi connectivity index (χ3n) is 8.45. The lowest BCUT2D eigenvalue weighted by atomic mass is 9.72. The molecule has 8 N–H and O–H groups in total. The maximum atomic E-state index is 14.6. The van der Waals surface area contributed by atoms with Gasteiger partial charge in [0.15, 0.2) is 17.3 Å². The van der Waals surface area contributed by atoms with E-state index < -0.39 is 106 Å². The number of phenols is 3. The fourth-order valence-corrected chi connectivity index (χ4v) is 6.15. The largest absolute Gasteiger partial charge is 0.547 e. The zero-order valence-electron chi connectivity index (χ0n) is 27.4. The highest BCUT2D eigenvalue weighted by Crippen LogP contribution is 2.41. The molecule has 1 saturated heterocycles. The molecule has 284 valence electrons. The van der Waals surface area contributed by atoms with Crippen LogP contribution < -0.4 is 20.6 Å². The number of amides is 6. The first-order valence-corrected chi connectivity index (χ1v) is 16.5. The maximum absolute atomic E-state index is 14.6. The molecule has 2 heterocycles. The number of rotatable bonds is 10. The van der Waals surface area contributed by atoms with Crippen LogP contribution in [0.3, 0.4) is 0 Å². The van der Waals surface area contributed by atoms with E-state index in [0.29, 0.717) is 11.0 Å².